The molecule has 0 aliphatic carbocycles. The van der Waals surface area contributed by atoms with Crippen LogP contribution in [0.5, 0.6) is 5.75 Å². The molecule has 13 heteroatoms. The third-order valence-corrected chi connectivity index (χ3v) is 6.42. The molecule has 35 heavy (non-hydrogen) atoms. The van der Waals surface area contributed by atoms with Crippen LogP contribution < -0.4 is 5.43 Å². The van der Waals surface area contributed by atoms with E-state index in [-0.39, 0.29) is 48.1 Å². The molecule has 0 saturated heterocycles. The molecule has 3 heterocycles. The van der Waals surface area contributed by atoms with Crippen molar-refractivity contribution in [2.45, 2.75) is 13.1 Å². The van der Waals surface area contributed by atoms with Crippen molar-refractivity contribution >= 4 is 17.2 Å². The first kappa shape index (κ1) is 24.9. The van der Waals surface area contributed by atoms with Crippen LogP contribution >= 0.6 is 11.3 Å². The van der Waals surface area contributed by atoms with E-state index in [1.807, 2.05) is 0 Å². The molecule has 2 aromatic heterocycles. The zero-order valence-corrected chi connectivity index (χ0v) is 19.8. The van der Waals surface area contributed by atoms with E-state index in [0.717, 1.165) is 23.5 Å². The molecule has 4 rings (SSSR count). The molecule has 1 aliphatic heterocycles. The van der Waals surface area contributed by atoms with Crippen LogP contribution in [-0.4, -0.2) is 76.3 Å². The van der Waals surface area contributed by atoms with Crippen LogP contribution in [0.1, 0.15) is 21.1 Å². The molecule has 1 amide bonds. The van der Waals surface area contributed by atoms with E-state index < -0.39 is 28.7 Å². The van der Waals surface area contributed by atoms with Crippen molar-refractivity contribution in [3.8, 4) is 16.3 Å². The summed E-state index contributed by atoms with van der Waals surface area (Å²) in [5.41, 5.74) is -0.618. The number of hydrazine groups is 1. The molecule has 3 aromatic rings. The van der Waals surface area contributed by atoms with E-state index in [1.54, 1.807) is 12.1 Å². The summed E-state index contributed by atoms with van der Waals surface area (Å²) in [5.74, 6) is -2.63. The number of aromatic nitrogens is 3. The smallest absolute Gasteiger partial charge is 0.288 e. The first-order chi connectivity index (χ1) is 16.8. The Morgan fingerprint density at radius 1 is 1.11 bits per heavy atom. The number of carbonyl (C=O) groups excluding carboxylic acids is 1. The molecule has 0 unspecified atom stereocenters. The lowest BCUT2D eigenvalue weighted by Crippen LogP contribution is -2.54. The van der Waals surface area contributed by atoms with Crippen LogP contribution in [0.3, 0.4) is 0 Å². The van der Waals surface area contributed by atoms with E-state index in [2.05, 4.69) is 10.2 Å². The lowest BCUT2D eigenvalue weighted by atomic mass is 10.1. The molecule has 0 spiro atoms. The second-order valence-corrected chi connectivity index (χ2v) is 8.80. The largest absolute Gasteiger partial charge is 0.503 e. The second kappa shape index (κ2) is 10.6. The lowest BCUT2D eigenvalue weighted by Gasteiger charge is -2.40. The van der Waals surface area contributed by atoms with E-state index in [4.69, 9.17) is 9.47 Å². The molecular formula is C22H23F2N5O5S. The predicted molar refractivity (Wildman–Crippen MR) is 122 cm³/mol. The Balaban J connectivity index is 1.67. The van der Waals surface area contributed by atoms with E-state index in [9.17, 15) is 23.5 Å². The number of nitrogens with zero attached hydrogens (tertiary/aromatic N) is 5. The monoisotopic (exact) mass is 507 g/mol. The number of amides is 1. The van der Waals surface area contributed by atoms with Gasteiger partial charge in [-0.15, -0.1) is 10.2 Å². The number of ether oxygens (including phenoxy) is 2. The maximum absolute atomic E-state index is 14.0. The molecule has 0 bridgehead atoms. The molecule has 0 radical (unpaired) electrons. The van der Waals surface area contributed by atoms with Gasteiger partial charge in [0, 0.05) is 39.4 Å². The number of carbonyl (C=O) groups is 1. The maximum Gasteiger partial charge on any atom is 0.288 e. The van der Waals surface area contributed by atoms with Gasteiger partial charge in [0.25, 0.3) is 5.91 Å². The van der Waals surface area contributed by atoms with E-state index in [0.29, 0.717) is 18.2 Å². The Hall–Kier alpha value is -3.26. The van der Waals surface area contributed by atoms with Crippen LogP contribution in [0.4, 0.5) is 8.78 Å². The summed E-state index contributed by atoms with van der Waals surface area (Å²) < 4.78 is 38.9. The van der Waals surface area contributed by atoms with Gasteiger partial charge in [-0.25, -0.2) is 8.78 Å². The lowest BCUT2D eigenvalue weighted by molar-refractivity contribution is -0.0626. The van der Waals surface area contributed by atoms with Crippen LogP contribution in [0, 0.1) is 11.6 Å². The van der Waals surface area contributed by atoms with Crippen molar-refractivity contribution in [2.24, 2.45) is 0 Å². The van der Waals surface area contributed by atoms with Gasteiger partial charge in [0.1, 0.15) is 16.6 Å². The molecule has 186 valence electrons. The van der Waals surface area contributed by atoms with Crippen LogP contribution in [0.15, 0.2) is 29.2 Å². The number of hydrogen-bond acceptors (Lipinski definition) is 9. The highest BCUT2D eigenvalue weighted by Gasteiger charge is 2.34. The summed E-state index contributed by atoms with van der Waals surface area (Å²) in [7, 11) is 3.06. The molecule has 1 N–H and O–H groups in total. The predicted octanol–water partition coefficient (Wildman–Crippen LogP) is 1.86. The fourth-order valence-electron chi connectivity index (χ4n) is 3.71. The zero-order valence-electron chi connectivity index (χ0n) is 19.0. The maximum atomic E-state index is 14.0. The first-order valence-corrected chi connectivity index (χ1v) is 11.4. The molecule has 1 aromatic carbocycles. The van der Waals surface area contributed by atoms with E-state index >= 15 is 0 Å². The third kappa shape index (κ3) is 5.07. The fraction of sp³-hybridized carbons (Fsp3) is 0.364. The van der Waals surface area contributed by atoms with Gasteiger partial charge in [-0.05, 0) is 11.6 Å². The van der Waals surface area contributed by atoms with Crippen LogP contribution in [0.25, 0.3) is 10.6 Å². The molecule has 1 aliphatic rings. The van der Waals surface area contributed by atoms with Crippen molar-refractivity contribution in [2.75, 3.05) is 40.5 Å². The first-order valence-electron chi connectivity index (χ1n) is 10.6. The minimum atomic E-state index is -0.766. The minimum absolute atomic E-state index is 0.0550. The van der Waals surface area contributed by atoms with Gasteiger partial charge in [-0.2, -0.15) is 5.01 Å². The van der Waals surface area contributed by atoms with Crippen molar-refractivity contribution in [1.29, 1.82) is 0 Å². The minimum Gasteiger partial charge on any atom is -0.503 e. The number of fused-ring (bicyclic) bond motifs is 1. The molecular weight excluding hydrogens is 484 g/mol. The Labute approximate surface area is 202 Å². The summed E-state index contributed by atoms with van der Waals surface area (Å²) in [6.07, 6.45) is 1.51. The average molecular weight is 508 g/mol. The normalized spacial score (nSPS) is 13.9. The number of aromatic hydroxyl groups is 1. The molecule has 10 nitrogen and oxygen atoms in total. The average Bonchev–Trinajstić information content (AvgIpc) is 3.29. The highest BCUT2D eigenvalue weighted by molar-refractivity contribution is 7.14. The molecule has 0 atom stereocenters. The number of pyridine rings is 1. The number of benzene rings is 1. The second-order valence-electron chi connectivity index (χ2n) is 7.74. The van der Waals surface area contributed by atoms with Gasteiger partial charge in [0.15, 0.2) is 16.5 Å². The van der Waals surface area contributed by atoms with Crippen LogP contribution in [-0.2, 0) is 22.6 Å². The number of halogens is 2. The Morgan fingerprint density at radius 3 is 2.57 bits per heavy atom. The van der Waals surface area contributed by atoms with Crippen molar-refractivity contribution in [3.05, 3.63) is 62.5 Å². The summed E-state index contributed by atoms with van der Waals surface area (Å²) in [4.78, 5) is 26.1. The van der Waals surface area contributed by atoms with Gasteiger partial charge in [0.05, 0.1) is 32.0 Å². The SMILES string of the molecule is COCCN1Cn2cc(-c3nnc(Cc4ccc(F)cc4F)s3)c(=O)c(O)c2C(=O)N1CCOC. The summed E-state index contributed by atoms with van der Waals surface area (Å²) in [6.45, 7) is 1.40. The topological polar surface area (TPSA) is 110 Å². The quantitative estimate of drug-likeness (QED) is 0.468. The van der Waals surface area contributed by atoms with Gasteiger partial charge in [0.2, 0.25) is 5.43 Å². The third-order valence-electron chi connectivity index (χ3n) is 5.46. The van der Waals surface area contributed by atoms with Crippen molar-refractivity contribution < 1.29 is 28.2 Å². The Bertz CT molecular complexity index is 1300. The summed E-state index contributed by atoms with van der Waals surface area (Å²) >= 11 is 1.04. The number of hydrogen-bond donors (Lipinski definition) is 1. The van der Waals surface area contributed by atoms with Crippen LogP contribution in [0.2, 0.25) is 0 Å². The van der Waals surface area contributed by atoms with Gasteiger partial charge < -0.3 is 19.1 Å². The van der Waals surface area contributed by atoms with E-state index in [1.165, 1.54) is 28.9 Å². The fourth-order valence-corrected chi connectivity index (χ4v) is 4.58. The van der Waals surface area contributed by atoms with Crippen molar-refractivity contribution in [3.63, 3.8) is 0 Å². The Morgan fingerprint density at radius 2 is 1.86 bits per heavy atom. The molecule has 0 saturated carbocycles. The molecule has 0 fully saturated rings. The van der Waals surface area contributed by atoms with Gasteiger partial charge >= 0.3 is 0 Å². The van der Waals surface area contributed by atoms with Gasteiger partial charge in [-0.3, -0.25) is 14.6 Å². The number of rotatable bonds is 9. The summed E-state index contributed by atoms with van der Waals surface area (Å²) in [6, 6.07) is 3.25. The highest BCUT2D eigenvalue weighted by Crippen LogP contribution is 2.29. The zero-order chi connectivity index (χ0) is 25.1. The Kier molecular flexibility index (Phi) is 7.50. The highest BCUT2D eigenvalue weighted by atomic mass is 32.1. The number of methoxy groups -OCH3 is 2. The van der Waals surface area contributed by atoms with Gasteiger partial charge in [-0.1, -0.05) is 17.4 Å². The van der Waals surface area contributed by atoms with Crippen molar-refractivity contribution in [1.82, 2.24) is 24.8 Å². The standard InChI is InChI=1S/C22H23F2N5O5S/c1-33-7-5-28-12-27-11-15(19(30)20(31)18(27)22(32)29(28)6-8-34-2)21-26-25-17(35-21)9-13-3-4-14(23)10-16(13)24/h3-4,10-11,31H,5-9,12H2,1-2H3. The summed E-state index contributed by atoms with van der Waals surface area (Å²) in [5, 5.41) is 22.5.